The average molecular weight is 267 g/mol. The number of rotatable bonds is 1. The number of fused-ring (bicyclic) bond motifs is 2. The Morgan fingerprint density at radius 2 is 1.94 bits per heavy atom. The van der Waals surface area contributed by atoms with E-state index in [2.05, 4.69) is 4.98 Å². The third-order valence-corrected chi connectivity index (χ3v) is 7.07. The second kappa shape index (κ2) is 3.78. The summed E-state index contributed by atoms with van der Waals surface area (Å²) in [6, 6.07) is 1.86. The molecule has 0 aromatic carbocycles. The van der Waals surface area contributed by atoms with E-state index < -0.39 is 15.4 Å². The lowest BCUT2D eigenvalue weighted by Crippen LogP contribution is -2.43. The zero-order valence-corrected chi connectivity index (χ0v) is 11.2. The Labute approximate surface area is 107 Å². The number of pyridine rings is 1. The number of nitrogens with zero attached hydrogens (tertiary/aromatic N) is 1. The van der Waals surface area contributed by atoms with E-state index in [-0.39, 0.29) is 10.5 Å². The monoisotopic (exact) mass is 267 g/mol. The summed E-state index contributed by atoms with van der Waals surface area (Å²) in [5.41, 5.74) is 0.748. The molecule has 0 saturated carbocycles. The molecule has 5 heteroatoms. The molecule has 0 amide bonds. The molecule has 4 nitrogen and oxygen atoms in total. The van der Waals surface area contributed by atoms with Gasteiger partial charge in [-0.3, -0.25) is 4.98 Å². The van der Waals surface area contributed by atoms with Crippen LogP contribution >= 0.6 is 0 Å². The van der Waals surface area contributed by atoms with Gasteiger partial charge < -0.3 is 5.11 Å². The quantitative estimate of drug-likeness (QED) is 0.833. The Bertz CT molecular complexity index is 562. The molecule has 2 aliphatic rings. The number of aromatic nitrogens is 1. The summed E-state index contributed by atoms with van der Waals surface area (Å²) in [6.45, 7) is 1.93. The van der Waals surface area contributed by atoms with Gasteiger partial charge in [-0.15, -0.1) is 0 Å². The van der Waals surface area contributed by atoms with Gasteiger partial charge in [-0.1, -0.05) is 0 Å². The predicted molar refractivity (Wildman–Crippen MR) is 67.8 cm³/mol. The lowest BCUT2D eigenvalue weighted by Gasteiger charge is -2.37. The molecule has 0 spiro atoms. The van der Waals surface area contributed by atoms with Gasteiger partial charge in [0.1, 0.15) is 0 Å². The maximum absolute atomic E-state index is 12.1. The molecule has 1 aromatic rings. The summed E-state index contributed by atoms with van der Waals surface area (Å²) < 4.78 is 24.1. The Balaban J connectivity index is 2.03. The molecule has 3 heterocycles. The molecule has 2 fully saturated rings. The van der Waals surface area contributed by atoms with Crippen molar-refractivity contribution >= 4 is 9.84 Å². The molecule has 18 heavy (non-hydrogen) atoms. The van der Waals surface area contributed by atoms with Gasteiger partial charge in [-0.25, -0.2) is 8.42 Å². The normalized spacial score (nSPS) is 37.7. The number of hydrogen-bond acceptors (Lipinski definition) is 4. The minimum absolute atomic E-state index is 0.318. The van der Waals surface area contributed by atoms with Gasteiger partial charge in [0, 0.05) is 18.0 Å². The van der Waals surface area contributed by atoms with Crippen LogP contribution in [0.5, 0.6) is 0 Å². The van der Waals surface area contributed by atoms with Crippen molar-refractivity contribution in [2.75, 3.05) is 0 Å². The fraction of sp³-hybridized carbons (Fsp3) is 0.615. The van der Waals surface area contributed by atoms with Crippen LogP contribution in [0.15, 0.2) is 18.5 Å². The summed E-state index contributed by atoms with van der Waals surface area (Å²) >= 11 is 0. The highest BCUT2D eigenvalue weighted by Crippen LogP contribution is 2.47. The highest BCUT2D eigenvalue weighted by atomic mass is 32.2. The molecule has 0 radical (unpaired) electrons. The first kappa shape index (κ1) is 12.1. The third-order valence-electron chi connectivity index (χ3n) is 4.41. The van der Waals surface area contributed by atoms with Gasteiger partial charge in [-0.05, 0) is 44.2 Å². The largest absolute Gasteiger partial charge is 0.385 e. The van der Waals surface area contributed by atoms with E-state index in [0.717, 1.165) is 11.1 Å². The molecular weight excluding hydrogens is 250 g/mol. The zero-order chi connectivity index (χ0) is 13.0. The standard InChI is InChI=1S/C13H17NO3S/c1-9-4-5-14-8-12(9)13(15)6-10-2-3-11(7-13)18(10,16)17/h4-5,8,10-11,15H,2-3,6-7H2,1H3. The fourth-order valence-corrected chi connectivity index (χ4v) is 5.91. The summed E-state index contributed by atoms with van der Waals surface area (Å²) in [5, 5.41) is 10.1. The third kappa shape index (κ3) is 1.61. The topological polar surface area (TPSA) is 67.3 Å². The first-order valence-electron chi connectivity index (χ1n) is 6.30. The Morgan fingerprint density at radius 1 is 1.33 bits per heavy atom. The van der Waals surface area contributed by atoms with Crippen molar-refractivity contribution in [2.45, 2.75) is 48.7 Å². The van der Waals surface area contributed by atoms with Gasteiger partial charge >= 0.3 is 0 Å². The molecule has 2 atom stereocenters. The van der Waals surface area contributed by atoms with E-state index in [1.807, 2.05) is 13.0 Å². The molecule has 0 aliphatic carbocycles. The lowest BCUT2D eigenvalue weighted by atomic mass is 9.84. The first-order valence-corrected chi connectivity index (χ1v) is 7.91. The van der Waals surface area contributed by atoms with Crippen LogP contribution in [0.1, 0.15) is 36.8 Å². The first-order chi connectivity index (χ1) is 8.43. The molecule has 2 aliphatic heterocycles. The van der Waals surface area contributed by atoms with Crippen molar-refractivity contribution < 1.29 is 13.5 Å². The summed E-state index contributed by atoms with van der Waals surface area (Å²) in [6.07, 6.45) is 5.38. The number of aryl methyl sites for hydroxylation is 1. The Morgan fingerprint density at radius 3 is 2.50 bits per heavy atom. The van der Waals surface area contributed by atoms with Crippen LogP contribution in [-0.2, 0) is 15.4 Å². The second-order valence-corrected chi connectivity index (χ2v) is 8.05. The number of hydrogen-bond donors (Lipinski definition) is 1. The van der Waals surface area contributed by atoms with Gasteiger partial charge in [0.25, 0.3) is 0 Å². The van der Waals surface area contributed by atoms with Gasteiger partial charge in [0.15, 0.2) is 9.84 Å². The van der Waals surface area contributed by atoms with Crippen molar-refractivity contribution in [3.63, 3.8) is 0 Å². The SMILES string of the molecule is Cc1ccncc1C1(O)CC2CCC(C1)S2(=O)=O. The number of sulfone groups is 1. The van der Waals surface area contributed by atoms with E-state index in [4.69, 9.17) is 0 Å². The van der Waals surface area contributed by atoms with Crippen molar-refractivity contribution in [1.29, 1.82) is 0 Å². The van der Waals surface area contributed by atoms with E-state index in [0.29, 0.717) is 25.7 Å². The molecular formula is C13H17NO3S. The molecule has 2 bridgehead atoms. The Kier molecular flexibility index (Phi) is 2.54. The van der Waals surface area contributed by atoms with Crippen LogP contribution in [-0.4, -0.2) is 29.0 Å². The maximum atomic E-state index is 12.1. The van der Waals surface area contributed by atoms with Crippen molar-refractivity contribution in [3.05, 3.63) is 29.6 Å². The van der Waals surface area contributed by atoms with Crippen LogP contribution < -0.4 is 0 Å². The predicted octanol–water partition coefficient (Wildman–Crippen LogP) is 1.32. The van der Waals surface area contributed by atoms with Gasteiger partial charge in [0.2, 0.25) is 0 Å². The summed E-state index contributed by atoms with van der Waals surface area (Å²) in [4.78, 5) is 4.06. The van der Waals surface area contributed by atoms with Crippen LogP contribution in [0, 0.1) is 6.92 Å². The van der Waals surface area contributed by atoms with E-state index in [1.54, 1.807) is 12.4 Å². The van der Waals surface area contributed by atoms with Crippen LogP contribution in [0.2, 0.25) is 0 Å². The molecule has 1 N–H and O–H groups in total. The van der Waals surface area contributed by atoms with Gasteiger partial charge in [-0.2, -0.15) is 0 Å². The lowest BCUT2D eigenvalue weighted by molar-refractivity contribution is 0.0164. The van der Waals surface area contributed by atoms with Crippen LogP contribution in [0.4, 0.5) is 0 Å². The second-order valence-electron chi connectivity index (χ2n) is 5.54. The van der Waals surface area contributed by atoms with Crippen LogP contribution in [0.3, 0.4) is 0 Å². The highest BCUT2D eigenvalue weighted by Gasteiger charge is 2.53. The van der Waals surface area contributed by atoms with Crippen molar-refractivity contribution in [1.82, 2.24) is 4.98 Å². The van der Waals surface area contributed by atoms with Crippen LogP contribution in [0.25, 0.3) is 0 Å². The average Bonchev–Trinajstić information content (AvgIpc) is 2.51. The minimum Gasteiger partial charge on any atom is -0.385 e. The molecule has 1 aromatic heterocycles. The molecule has 3 rings (SSSR count). The highest BCUT2D eigenvalue weighted by molar-refractivity contribution is 7.93. The molecule has 98 valence electrons. The fourth-order valence-electron chi connectivity index (χ4n) is 3.42. The van der Waals surface area contributed by atoms with Crippen molar-refractivity contribution in [2.24, 2.45) is 0 Å². The summed E-state index contributed by atoms with van der Waals surface area (Å²) in [5.74, 6) is 0. The summed E-state index contributed by atoms with van der Waals surface area (Å²) in [7, 11) is -3.00. The molecule has 2 unspecified atom stereocenters. The minimum atomic E-state index is -3.00. The maximum Gasteiger partial charge on any atom is 0.156 e. The van der Waals surface area contributed by atoms with E-state index in [1.165, 1.54) is 0 Å². The van der Waals surface area contributed by atoms with E-state index >= 15 is 0 Å². The smallest absolute Gasteiger partial charge is 0.156 e. The Hall–Kier alpha value is -0.940. The molecule has 2 saturated heterocycles. The zero-order valence-electron chi connectivity index (χ0n) is 10.3. The van der Waals surface area contributed by atoms with Gasteiger partial charge in [0.05, 0.1) is 16.1 Å². The van der Waals surface area contributed by atoms with E-state index in [9.17, 15) is 13.5 Å². The number of aliphatic hydroxyl groups is 1. The van der Waals surface area contributed by atoms with Crippen molar-refractivity contribution in [3.8, 4) is 0 Å².